The lowest BCUT2D eigenvalue weighted by molar-refractivity contribution is 0.251. The van der Waals surface area contributed by atoms with Crippen LogP contribution >= 0.6 is 23.1 Å². The van der Waals surface area contributed by atoms with Gasteiger partial charge in [0.05, 0.1) is 0 Å². The minimum Gasteiger partial charge on any atom is -0.335 e. The highest BCUT2D eigenvalue weighted by atomic mass is 32.2. The Bertz CT molecular complexity index is 645. The van der Waals surface area contributed by atoms with Gasteiger partial charge in [-0.05, 0) is 24.5 Å². The number of nitrogens with zero attached hydrogens (tertiary/aromatic N) is 2. The number of thioether (sulfide) groups is 1. The van der Waals surface area contributed by atoms with Gasteiger partial charge >= 0.3 is 6.03 Å². The molecule has 1 saturated carbocycles. The number of carbonyl (C=O) groups is 1. The SMILES string of the molecule is O=C(Nc1nnc(SCc2ccccc2F)s1)NC1CC1. The van der Waals surface area contributed by atoms with Crippen LogP contribution in [0.4, 0.5) is 14.3 Å². The Morgan fingerprint density at radius 2 is 2.19 bits per heavy atom. The van der Waals surface area contributed by atoms with Crippen LogP contribution < -0.4 is 10.6 Å². The molecule has 0 radical (unpaired) electrons. The van der Waals surface area contributed by atoms with Crippen LogP contribution in [-0.4, -0.2) is 22.3 Å². The van der Waals surface area contributed by atoms with Gasteiger partial charge in [-0.25, -0.2) is 9.18 Å². The molecule has 1 aliphatic rings. The highest BCUT2D eigenvalue weighted by Crippen LogP contribution is 2.29. The van der Waals surface area contributed by atoms with E-state index in [-0.39, 0.29) is 11.8 Å². The number of hydrogen-bond donors (Lipinski definition) is 2. The van der Waals surface area contributed by atoms with E-state index in [1.165, 1.54) is 29.2 Å². The lowest BCUT2D eigenvalue weighted by atomic mass is 10.2. The molecule has 1 fully saturated rings. The second-order valence-electron chi connectivity index (χ2n) is 4.63. The van der Waals surface area contributed by atoms with E-state index in [1.807, 2.05) is 0 Å². The summed E-state index contributed by atoms with van der Waals surface area (Å²) in [5.74, 6) is 0.256. The summed E-state index contributed by atoms with van der Waals surface area (Å²) in [7, 11) is 0. The summed E-state index contributed by atoms with van der Waals surface area (Å²) >= 11 is 2.68. The van der Waals surface area contributed by atoms with E-state index in [2.05, 4.69) is 20.8 Å². The Morgan fingerprint density at radius 3 is 2.95 bits per heavy atom. The fraction of sp³-hybridized carbons (Fsp3) is 0.308. The van der Waals surface area contributed by atoms with Crippen LogP contribution in [-0.2, 0) is 5.75 Å². The molecule has 110 valence electrons. The monoisotopic (exact) mass is 324 g/mol. The quantitative estimate of drug-likeness (QED) is 0.654. The van der Waals surface area contributed by atoms with Gasteiger partial charge in [0.2, 0.25) is 5.13 Å². The predicted octanol–water partition coefficient (Wildman–Crippen LogP) is 3.25. The molecule has 1 aromatic heterocycles. The molecular formula is C13H13FN4OS2. The zero-order chi connectivity index (χ0) is 14.7. The third-order valence-corrected chi connectivity index (χ3v) is 4.87. The van der Waals surface area contributed by atoms with Crippen molar-refractivity contribution in [2.45, 2.75) is 29.0 Å². The molecule has 2 aromatic rings. The maximum atomic E-state index is 13.5. The van der Waals surface area contributed by atoms with Crippen LogP contribution in [0, 0.1) is 5.82 Å². The molecule has 1 aromatic carbocycles. The zero-order valence-electron chi connectivity index (χ0n) is 11.0. The van der Waals surface area contributed by atoms with Crippen LogP contribution in [0.25, 0.3) is 0 Å². The third-order valence-electron chi connectivity index (χ3n) is 2.85. The lowest BCUT2D eigenvalue weighted by Crippen LogP contribution is -2.30. The molecular weight excluding hydrogens is 311 g/mol. The van der Waals surface area contributed by atoms with Crippen molar-refractivity contribution in [1.82, 2.24) is 15.5 Å². The lowest BCUT2D eigenvalue weighted by Gasteiger charge is -2.01. The summed E-state index contributed by atoms with van der Waals surface area (Å²) in [5, 5.41) is 13.8. The number of hydrogen-bond acceptors (Lipinski definition) is 5. The predicted molar refractivity (Wildman–Crippen MR) is 81.0 cm³/mol. The van der Waals surface area contributed by atoms with E-state index in [0.29, 0.717) is 26.8 Å². The molecule has 0 bridgehead atoms. The van der Waals surface area contributed by atoms with Gasteiger partial charge in [-0.3, -0.25) is 5.32 Å². The number of rotatable bonds is 5. The van der Waals surface area contributed by atoms with Crippen molar-refractivity contribution in [3.8, 4) is 0 Å². The number of halogens is 1. The summed E-state index contributed by atoms with van der Waals surface area (Å²) in [5.41, 5.74) is 0.624. The van der Waals surface area contributed by atoms with Crippen molar-refractivity contribution in [3.63, 3.8) is 0 Å². The molecule has 0 aliphatic heterocycles. The summed E-state index contributed by atoms with van der Waals surface area (Å²) in [6.45, 7) is 0. The summed E-state index contributed by atoms with van der Waals surface area (Å²) in [6.07, 6.45) is 2.07. The fourth-order valence-corrected chi connectivity index (χ4v) is 3.35. The van der Waals surface area contributed by atoms with Gasteiger partial charge in [-0.15, -0.1) is 10.2 Å². The number of carbonyl (C=O) groups excluding carboxylic acids is 1. The Kier molecular flexibility index (Phi) is 4.35. The fourth-order valence-electron chi connectivity index (χ4n) is 1.62. The molecule has 1 heterocycles. The average Bonchev–Trinajstić information content (AvgIpc) is 3.16. The van der Waals surface area contributed by atoms with Gasteiger partial charge in [0.1, 0.15) is 5.82 Å². The number of benzene rings is 1. The van der Waals surface area contributed by atoms with Crippen molar-refractivity contribution < 1.29 is 9.18 Å². The van der Waals surface area contributed by atoms with E-state index in [9.17, 15) is 9.18 Å². The molecule has 8 heteroatoms. The minimum atomic E-state index is -0.251. The average molecular weight is 324 g/mol. The number of nitrogens with one attached hydrogen (secondary N) is 2. The summed E-state index contributed by atoms with van der Waals surface area (Å²) in [6, 6.07) is 6.69. The van der Waals surface area contributed by atoms with Crippen molar-refractivity contribution in [3.05, 3.63) is 35.6 Å². The van der Waals surface area contributed by atoms with E-state index >= 15 is 0 Å². The van der Waals surface area contributed by atoms with Crippen LogP contribution in [0.1, 0.15) is 18.4 Å². The van der Waals surface area contributed by atoms with Crippen LogP contribution in [0.2, 0.25) is 0 Å². The molecule has 3 rings (SSSR count). The first-order chi connectivity index (χ1) is 10.2. The first-order valence-electron chi connectivity index (χ1n) is 6.48. The topological polar surface area (TPSA) is 66.9 Å². The molecule has 0 spiro atoms. The highest BCUT2D eigenvalue weighted by molar-refractivity contribution is 8.00. The first-order valence-corrected chi connectivity index (χ1v) is 8.28. The van der Waals surface area contributed by atoms with E-state index in [4.69, 9.17) is 0 Å². The van der Waals surface area contributed by atoms with Crippen LogP contribution in [0.3, 0.4) is 0 Å². The highest BCUT2D eigenvalue weighted by Gasteiger charge is 2.23. The van der Waals surface area contributed by atoms with Crippen molar-refractivity contribution >= 4 is 34.3 Å². The zero-order valence-corrected chi connectivity index (χ0v) is 12.6. The van der Waals surface area contributed by atoms with Crippen molar-refractivity contribution in [2.24, 2.45) is 0 Å². The van der Waals surface area contributed by atoms with Gasteiger partial charge in [0.25, 0.3) is 0 Å². The maximum Gasteiger partial charge on any atom is 0.321 e. The normalized spacial score (nSPS) is 14.0. The Hall–Kier alpha value is -1.67. The molecule has 1 aliphatic carbocycles. The first kappa shape index (κ1) is 14.3. The second-order valence-corrected chi connectivity index (χ2v) is 6.83. The molecule has 2 N–H and O–H groups in total. The summed E-state index contributed by atoms with van der Waals surface area (Å²) in [4.78, 5) is 11.6. The summed E-state index contributed by atoms with van der Waals surface area (Å²) < 4.78 is 14.2. The number of anilines is 1. The molecule has 2 amide bonds. The maximum absolute atomic E-state index is 13.5. The molecule has 0 saturated heterocycles. The van der Waals surface area contributed by atoms with Gasteiger partial charge in [0.15, 0.2) is 4.34 Å². The Balaban J connectivity index is 1.52. The Labute approximate surface area is 129 Å². The van der Waals surface area contributed by atoms with E-state index < -0.39 is 0 Å². The molecule has 0 unspecified atom stereocenters. The van der Waals surface area contributed by atoms with E-state index in [0.717, 1.165) is 12.8 Å². The second kappa shape index (κ2) is 6.40. The van der Waals surface area contributed by atoms with Gasteiger partial charge < -0.3 is 5.32 Å². The van der Waals surface area contributed by atoms with Gasteiger partial charge in [-0.2, -0.15) is 0 Å². The van der Waals surface area contributed by atoms with Gasteiger partial charge in [0, 0.05) is 11.8 Å². The van der Waals surface area contributed by atoms with Crippen LogP contribution in [0.15, 0.2) is 28.6 Å². The van der Waals surface area contributed by atoms with E-state index in [1.54, 1.807) is 18.2 Å². The van der Waals surface area contributed by atoms with Crippen LogP contribution in [0.5, 0.6) is 0 Å². The molecule has 0 atom stereocenters. The smallest absolute Gasteiger partial charge is 0.321 e. The molecule has 5 nitrogen and oxygen atoms in total. The number of urea groups is 1. The third kappa shape index (κ3) is 4.15. The van der Waals surface area contributed by atoms with Crippen molar-refractivity contribution in [2.75, 3.05) is 5.32 Å². The van der Waals surface area contributed by atoms with Gasteiger partial charge in [-0.1, -0.05) is 41.3 Å². The van der Waals surface area contributed by atoms with Crippen molar-refractivity contribution in [1.29, 1.82) is 0 Å². The number of amides is 2. The minimum absolute atomic E-state index is 0.225. The largest absolute Gasteiger partial charge is 0.335 e. The molecule has 21 heavy (non-hydrogen) atoms. The Morgan fingerprint density at radius 1 is 1.38 bits per heavy atom. The number of aromatic nitrogens is 2. The standard InChI is InChI=1S/C13H13FN4OS2/c14-10-4-2-1-3-8(10)7-20-13-18-17-12(21-13)16-11(19)15-9-5-6-9/h1-4,9H,5-7H2,(H2,15,16,17,19).